The van der Waals surface area contributed by atoms with Crippen LogP contribution >= 0.6 is 0 Å². The summed E-state index contributed by atoms with van der Waals surface area (Å²) in [7, 11) is 0. The number of ketones is 1. The number of aliphatic hydroxyl groups is 1. The molecular formula is C15H20O5. The predicted octanol–water partition coefficient (Wildman–Crippen LogP) is 1.34. The van der Waals surface area contributed by atoms with Crippen LogP contribution in [-0.4, -0.2) is 35.4 Å². The molecule has 0 aromatic carbocycles. The molecule has 110 valence electrons. The maximum atomic E-state index is 12.1. The molecule has 2 saturated heterocycles. The van der Waals surface area contributed by atoms with Crippen molar-refractivity contribution in [3.05, 3.63) is 12.2 Å². The van der Waals surface area contributed by atoms with Gasteiger partial charge in [-0.25, -0.2) is 4.79 Å². The first kappa shape index (κ1) is 13.8. The van der Waals surface area contributed by atoms with E-state index in [1.807, 2.05) is 6.92 Å². The maximum absolute atomic E-state index is 12.1. The quantitative estimate of drug-likeness (QED) is 0.535. The number of Topliss-reactive ketones (excluding diaryl/α,β-unsaturated/α-hetero) is 1. The standard InChI is InChI=1S/C15H20O5/c1-8-10-4-3-9(16)7-15(2)6-5-11(17)19-13(15)12(10)20-14(8)18/h10-13,17H,1,3-7H2,2H3. The van der Waals surface area contributed by atoms with Crippen molar-refractivity contribution in [2.24, 2.45) is 11.3 Å². The number of hydrogen-bond acceptors (Lipinski definition) is 5. The molecule has 0 aromatic rings. The Labute approximate surface area is 117 Å². The molecule has 0 radical (unpaired) electrons. The van der Waals surface area contributed by atoms with Gasteiger partial charge in [0.05, 0.1) is 0 Å². The number of fused-ring (bicyclic) bond motifs is 3. The van der Waals surface area contributed by atoms with Crippen LogP contribution in [-0.2, 0) is 19.1 Å². The van der Waals surface area contributed by atoms with Gasteiger partial charge in [0.1, 0.15) is 18.0 Å². The smallest absolute Gasteiger partial charge is 0.334 e. The van der Waals surface area contributed by atoms with Crippen LogP contribution in [0.4, 0.5) is 0 Å². The van der Waals surface area contributed by atoms with E-state index in [1.165, 1.54) is 0 Å². The van der Waals surface area contributed by atoms with Gasteiger partial charge in [-0.3, -0.25) is 4.79 Å². The Morgan fingerprint density at radius 2 is 2.10 bits per heavy atom. The highest BCUT2D eigenvalue weighted by molar-refractivity contribution is 5.91. The number of carbonyl (C=O) groups excluding carboxylic acids is 2. The van der Waals surface area contributed by atoms with Gasteiger partial charge < -0.3 is 14.6 Å². The molecule has 1 N–H and O–H groups in total. The van der Waals surface area contributed by atoms with Crippen LogP contribution in [0.2, 0.25) is 0 Å². The Bertz CT molecular complexity index is 471. The first-order valence-corrected chi connectivity index (χ1v) is 7.16. The molecule has 0 spiro atoms. The van der Waals surface area contributed by atoms with Crippen LogP contribution in [0.15, 0.2) is 12.2 Å². The molecule has 0 aromatic heterocycles. The van der Waals surface area contributed by atoms with E-state index >= 15 is 0 Å². The lowest BCUT2D eigenvalue weighted by molar-refractivity contribution is -0.240. The van der Waals surface area contributed by atoms with Gasteiger partial charge in [0.25, 0.3) is 0 Å². The van der Waals surface area contributed by atoms with Crippen molar-refractivity contribution in [1.29, 1.82) is 0 Å². The van der Waals surface area contributed by atoms with Gasteiger partial charge >= 0.3 is 5.97 Å². The van der Waals surface area contributed by atoms with E-state index in [0.717, 1.165) is 0 Å². The molecule has 0 amide bonds. The lowest BCUT2D eigenvalue weighted by Gasteiger charge is -2.46. The van der Waals surface area contributed by atoms with E-state index in [-0.39, 0.29) is 17.1 Å². The highest BCUT2D eigenvalue weighted by atomic mass is 16.6. The Kier molecular flexibility index (Phi) is 3.21. The van der Waals surface area contributed by atoms with Crippen LogP contribution in [0, 0.1) is 11.3 Å². The minimum Gasteiger partial charge on any atom is -0.456 e. The Hall–Kier alpha value is -1.20. The highest BCUT2D eigenvalue weighted by Crippen LogP contribution is 2.48. The van der Waals surface area contributed by atoms with Gasteiger partial charge in [0.2, 0.25) is 0 Å². The molecule has 1 aliphatic carbocycles. The molecule has 2 heterocycles. The van der Waals surface area contributed by atoms with E-state index < -0.39 is 24.5 Å². The van der Waals surface area contributed by atoms with E-state index in [1.54, 1.807) is 0 Å². The fourth-order valence-corrected chi connectivity index (χ4v) is 3.76. The van der Waals surface area contributed by atoms with Gasteiger partial charge in [-0.2, -0.15) is 0 Å². The maximum Gasteiger partial charge on any atom is 0.334 e. The van der Waals surface area contributed by atoms with Crippen molar-refractivity contribution < 1.29 is 24.2 Å². The Morgan fingerprint density at radius 3 is 2.85 bits per heavy atom. The van der Waals surface area contributed by atoms with E-state index in [0.29, 0.717) is 37.7 Å². The third-order valence-electron chi connectivity index (χ3n) is 4.94. The van der Waals surface area contributed by atoms with Gasteiger partial charge in [-0.05, 0) is 19.3 Å². The van der Waals surface area contributed by atoms with Crippen molar-refractivity contribution >= 4 is 11.8 Å². The normalized spacial score (nSPS) is 45.2. The first-order valence-electron chi connectivity index (χ1n) is 7.16. The second-order valence-electron chi connectivity index (χ2n) is 6.46. The number of hydrogen-bond donors (Lipinski definition) is 1. The zero-order chi connectivity index (χ0) is 14.5. The monoisotopic (exact) mass is 280 g/mol. The van der Waals surface area contributed by atoms with Crippen molar-refractivity contribution in [2.75, 3.05) is 0 Å². The van der Waals surface area contributed by atoms with Gasteiger partial charge in [0.15, 0.2) is 6.29 Å². The number of ether oxygens (including phenoxy) is 2. The largest absolute Gasteiger partial charge is 0.456 e. The molecule has 5 heteroatoms. The number of esters is 1. The summed E-state index contributed by atoms with van der Waals surface area (Å²) in [6.45, 7) is 5.78. The van der Waals surface area contributed by atoms with Gasteiger partial charge in [0, 0.05) is 29.7 Å². The van der Waals surface area contributed by atoms with Crippen molar-refractivity contribution in [1.82, 2.24) is 0 Å². The SMILES string of the molecule is C=C1C(=O)OC2C1CCC(=O)CC1(C)CCC(O)OC21. The van der Waals surface area contributed by atoms with Crippen LogP contribution in [0.5, 0.6) is 0 Å². The lowest BCUT2D eigenvalue weighted by Crippen LogP contribution is -2.53. The number of carbonyl (C=O) groups is 2. The van der Waals surface area contributed by atoms with Crippen LogP contribution < -0.4 is 0 Å². The van der Waals surface area contributed by atoms with E-state index in [4.69, 9.17) is 9.47 Å². The molecule has 1 saturated carbocycles. The molecular weight excluding hydrogens is 260 g/mol. The van der Waals surface area contributed by atoms with Crippen LogP contribution in [0.1, 0.15) is 39.0 Å². The van der Waals surface area contributed by atoms with Gasteiger partial charge in [-0.1, -0.05) is 13.5 Å². The third-order valence-corrected chi connectivity index (χ3v) is 4.94. The van der Waals surface area contributed by atoms with Crippen molar-refractivity contribution in [2.45, 2.75) is 57.5 Å². The molecule has 0 bridgehead atoms. The topological polar surface area (TPSA) is 72.8 Å². The summed E-state index contributed by atoms with van der Waals surface area (Å²) in [4.78, 5) is 23.9. The van der Waals surface area contributed by atoms with E-state index in [9.17, 15) is 14.7 Å². The average Bonchev–Trinajstić information content (AvgIpc) is 2.65. The fourth-order valence-electron chi connectivity index (χ4n) is 3.76. The summed E-state index contributed by atoms with van der Waals surface area (Å²) in [6, 6.07) is 0. The Balaban J connectivity index is 1.97. The fraction of sp³-hybridized carbons (Fsp3) is 0.733. The van der Waals surface area contributed by atoms with Crippen molar-refractivity contribution in [3.8, 4) is 0 Å². The summed E-state index contributed by atoms with van der Waals surface area (Å²) in [5.41, 5.74) is 0.0422. The highest BCUT2D eigenvalue weighted by Gasteiger charge is 2.54. The summed E-state index contributed by atoms with van der Waals surface area (Å²) >= 11 is 0. The molecule has 3 aliphatic rings. The number of aliphatic hydroxyl groups excluding tert-OH is 1. The summed E-state index contributed by atoms with van der Waals surface area (Å²) in [6.07, 6.45) is 0.909. The molecule has 3 rings (SSSR count). The molecule has 20 heavy (non-hydrogen) atoms. The molecule has 2 aliphatic heterocycles. The zero-order valence-electron chi connectivity index (χ0n) is 11.6. The molecule has 5 atom stereocenters. The molecule has 5 nitrogen and oxygen atoms in total. The zero-order valence-corrected chi connectivity index (χ0v) is 11.6. The summed E-state index contributed by atoms with van der Waals surface area (Å²) in [5.74, 6) is -0.398. The minimum absolute atomic E-state index is 0.179. The number of rotatable bonds is 0. The van der Waals surface area contributed by atoms with Crippen LogP contribution in [0.3, 0.4) is 0 Å². The average molecular weight is 280 g/mol. The van der Waals surface area contributed by atoms with Crippen molar-refractivity contribution in [3.63, 3.8) is 0 Å². The Morgan fingerprint density at radius 1 is 1.35 bits per heavy atom. The molecule has 5 unspecified atom stereocenters. The predicted molar refractivity (Wildman–Crippen MR) is 69.6 cm³/mol. The summed E-state index contributed by atoms with van der Waals surface area (Å²) < 4.78 is 11.1. The van der Waals surface area contributed by atoms with Crippen LogP contribution in [0.25, 0.3) is 0 Å². The second kappa shape index (κ2) is 4.67. The van der Waals surface area contributed by atoms with E-state index in [2.05, 4.69) is 6.58 Å². The van der Waals surface area contributed by atoms with Gasteiger partial charge in [-0.15, -0.1) is 0 Å². The molecule has 3 fully saturated rings. The summed E-state index contributed by atoms with van der Waals surface area (Å²) in [5, 5.41) is 9.77. The third kappa shape index (κ3) is 2.09. The lowest BCUT2D eigenvalue weighted by atomic mass is 9.67. The minimum atomic E-state index is -0.851. The first-order chi connectivity index (χ1) is 9.40. The second-order valence-corrected chi connectivity index (χ2v) is 6.46.